The minimum atomic E-state index is -3.76. The first-order valence-electron chi connectivity index (χ1n) is 10.8. The van der Waals surface area contributed by atoms with Crippen molar-refractivity contribution in [1.82, 2.24) is 24.9 Å². The van der Waals surface area contributed by atoms with Gasteiger partial charge in [0.2, 0.25) is 5.91 Å². The number of aryl methyl sites for hydroxylation is 2. The normalized spacial score (nSPS) is 14.9. The summed E-state index contributed by atoms with van der Waals surface area (Å²) in [6, 6.07) is 5.39. The maximum absolute atomic E-state index is 12.6. The van der Waals surface area contributed by atoms with Gasteiger partial charge in [-0.2, -0.15) is 10.2 Å². The zero-order valence-corrected chi connectivity index (χ0v) is 21.2. The number of amides is 1. The van der Waals surface area contributed by atoms with Crippen molar-refractivity contribution < 1.29 is 13.2 Å². The molecule has 3 aromatic rings. The fourth-order valence-electron chi connectivity index (χ4n) is 4.07. The van der Waals surface area contributed by atoms with Gasteiger partial charge in [-0.05, 0) is 55.0 Å². The van der Waals surface area contributed by atoms with Crippen LogP contribution >= 0.6 is 23.2 Å². The second-order valence-corrected chi connectivity index (χ2v) is 11.1. The van der Waals surface area contributed by atoms with E-state index in [1.165, 1.54) is 10.9 Å². The number of halogens is 2. The number of nitrogens with zero attached hydrogens (tertiary/aromatic N) is 4. The van der Waals surface area contributed by atoms with Gasteiger partial charge in [-0.1, -0.05) is 35.3 Å². The lowest BCUT2D eigenvalue weighted by Gasteiger charge is -2.18. The molecule has 0 bridgehead atoms. The minimum Gasteiger partial charge on any atom is -0.352 e. The fourth-order valence-corrected chi connectivity index (χ4v) is 5.93. The fraction of sp³-hybridized carbons (Fsp3) is 0.348. The van der Waals surface area contributed by atoms with Crippen LogP contribution in [0.25, 0.3) is 5.57 Å². The summed E-state index contributed by atoms with van der Waals surface area (Å²) in [4.78, 5) is 12.4. The molecule has 1 aliphatic rings. The highest BCUT2D eigenvalue weighted by Crippen LogP contribution is 2.32. The number of carbonyl (C=O) groups excluding carboxylic acids is 1. The van der Waals surface area contributed by atoms with Gasteiger partial charge in [-0.25, -0.2) is 8.42 Å². The quantitative estimate of drug-likeness (QED) is 0.512. The van der Waals surface area contributed by atoms with Gasteiger partial charge in [-0.3, -0.25) is 14.2 Å². The first kappa shape index (κ1) is 24.5. The van der Waals surface area contributed by atoms with Crippen LogP contribution in [0.1, 0.15) is 35.4 Å². The summed E-state index contributed by atoms with van der Waals surface area (Å²) in [5, 5.41) is 12.4. The third-order valence-corrected chi connectivity index (χ3v) is 8.24. The predicted molar refractivity (Wildman–Crippen MR) is 132 cm³/mol. The summed E-state index contributed by atoms with van der Waals surface area (Å²) in [5.41, 5.74) is 4.63. The van der Waals surface area contributed by atoms with E-state index in [4.69, 9.17) is 23.2 Å². The molecular weight excluding hydrogens is 497 g/mol. The van der Waals surface area contributed by atoms with Gasteiger partial charge in [0.25, 0.3) is 0 Å². The third kappa shape index (κ3) is 5.21. The van der Waals surface area contributed by atoms with E-state index in [9.17, 15) is 13.2 Å². The van der Waals surface area contributed by atoms with Crippen LogP contribution in [0, 0.1) is 6.92 Å². The van der Waals surface area contributed by atoms with Crippen molar-refractivity contribution in [3.63, 3.8) is 0 Å². The molecule has 1 aliphatic carbocycles. The molecule has 0 unspecified atom stereocenters. The molecule has 1 N–H and O–H groups in total. The maximum atomic E-state index is 12.6. The summed E-state index contributed by atoms with van der Waals surface area (Å²) < 4.78 is 28.5. The molecule has 11 heteroatoms. The zero-order valence-electron chi connectivity index (χ0n) is 18.9. The Hall–Kier alpha value is -2.62. The smallest absolute Gasteiger partial charge is 0.235 e. The molecular formula is C23H25Cl2N5O3S. The Kier molecular flexibility index (Phi) is 7.16. The number of hydrogen-bond donors (Lipinski definition) is 1. The Morgan fingerprint density at radius 2 is 2.00 bits per heavy atom. The molecule has 1 aromatic carbocycles. The second-order valence-electron chi connectivity index (χ2n) is 8.28. The largest absolute Gasteiger partial charge is 0.352 e. The molecule has 1 amide bonds. The Morgan fingerprint density at radius 1 is 1.21 bits per heavy atom. The van der Waals surface area contributed by atoms with Gasteiger partial charge < -0.3 is 5.32 Å². The van der Waals surface area contributed by atoms with E-state index in [-0.39, 0.29) is 11.4 Å². The molecule has 0 fully saturated rings. The Bertz CT molecular complexity index is 1380. The number of allylic oxidation sites excluding steroid dienone is 1. The van der Waals surface area contributed by atoms with Crippen LogP contribution < -0.4 is 5.32 Å². The average Bonchev–Trinajstić information content (AvgIpc) is 3.34. The SMILES string of the molecule is Cc1c(S(=O)(=O)CC(=O)NC/C=C2\CCCc3cnn(Cc4ccc(Cl)cc4Cl)c32)cnn1C. The van der Waals surface area contributed by atoms with Gasteiger partial charge in [0.1, 0.15) is 10.6 Å². The van der Waals surface area contributed by atoms with Crippen LogP contribution in [-0.4, -0.2) is 46.2 Å². The minimum absolute atomic E-state index is 0.0742. The van der Waals surface area contributed by atoms with Crippen LogP contribution in [-0.2, 0) is 34.6 Å². The molecule has 180 valence electrons. The monoisotopic (exact) mass is 521 g/mol. The number of aromatic nitrogens is 4. The topological polar surface area (TPSA) is 98.9 Å². The molecule has 2 heterocycles. The maximum Gasteiger partial charge on any atom is 0.235 e. The lowest BCUT2D eigenvalue weighted by molar-refractivity contribution is -0.118. The van der Waals surface area contributed by atoms with Crippen LogP contribution in [0.15, 0.2) is 41.6 Å². The van der Waals surface area contributed by atoms with E-state index in [2.05, 4.69) is 15.5 Å². The Labute approximate surface area is 208 Å². The molecule has 2 aromatic heterocycles. The van der Waals surface area contributed by atoms with Gasteiger partial charge in [0.05, 0.1) is 30.3 Å². The van der Waals surface area contributed by atoms with Gasteiger partial charge in [0, 0.05) is 23.6 Å². The van der Waals surface area contributed by atoms with E-state index < -0.39 is 21.5 Å². The van der Waals surface area contributed by atoms with Crippen molar-refractivity contribution in [3.8, 4) is 0 Å². The van der Waals surface area contributed by atoms with Crippen molar-refractivity contribution in [3.05, 3.63) is 69.2 Å². The lowest BCUT2D eigenvalue weighted by Crippen LogP contribution is -2.30. The molecule has 0 aliphatic heterocycles. The molecule has 0 saturated carbocycles. The number of sulfone groups is 1. The van der Waals surface area contributed by atoms with Gasteiger partial charge >= 0.3 is 0 Å². The van der Waals surface area contributed by atoms with Crippen LogP contribution in [0.4, 0.5) is 0 Å². The molecule has 0 radical (unpaired) electrons. The number of fused-ring (bicyclic) bond motifs is 1. The van der Waals surface area contributed by atoms with Crippen LogP contribution in [0.3, 0.4) is 0 Å². The van der Waals surface area contributed by atoms with Crippen LogP contribution in [0.2, 0.25) is 10.0 Å². The average molecular weight is 522 g/mol. The summed E-state index contributed by atoms with van der Waals surface area (Å²) in [6.45, 7) is 2.38. The molecule has 0 spiro atoms. The summed E-state index contributed by atoms with van der Waals surface area (Å²) in [7, 11) is -2.11. The molecule has 0 saturated heterocycles. The Balaban J connectivity index is 1.45. The molecule has 0 atom stereocenters. The van der Waals surface area contributed by atoms with Gasteiger partial charge in [-0.15, -0.1) is 0 Å². The van der Waals surface area contributed by atoms with E-state index >= 15 is 0 Å². The molecule has 4 rings (SSSR count). The standard InChI is InChI=1S/C23H25Cl2N5O3S/c1-15-21(12-27-29(15)2)34(32,33)14-22(31)26-9-8-16-4-3-5-17-11-28-30(23(16)17)13-18-6-7-19(24)10-20(18)25/h6-8,10-12H,3-5,9,13-14H2,1-2H3,(H,26,31)/b16-8+. The van der Waals surface area contributed by atoms with Crippen molar-refractivity contribution in [1.29, 1.82) is 0 Å². The summed E-state index contributed by atoms with van der Waals surface area (Å²) >= 11 is 12.4. The number of carbonyl (C=O) groups is 1. The van der Waals surface area contributed by atoms with E-state index in [0.29, 0.717) is 22.3 Å². The van der Waals surface area contributed by atoms with Crippen molar-refractivity contribution in [2.75, 3.05) is 12.3 Å². The summed E-state index contributed by atoms with van der Waals surface area (Å²) in [6.07, 6.45) is 7.83. The second kappa shape index (κ2) is 9.93. The highest BCUT2D eigenvalue weighted by molar-refractivity contribution is 7.92. The number of benzene rings is 1. The molecule has 34 heavy (non-hydrogen) atoms. The van der Waals surface area contributed by atoms with E-state index in [1.54, 1.807) is 26.1 Å². The van der Waals surface area contributed by atoms with Crippen molar-refractivity contribution >= 4 is 44.5 Å². The highest BCUT2D eigenvalue weighted by Gasteiger charge is 2.24. The number of hydrogen-bond acceptors (Lipinski definition) is 5. The van der Waals surface area contributed by atoms with E-state index in [1.807, 2.05) is 23.0 Å². The number of nitrogens with one attached hydrogen (secondary N) is 1. The number of rotatable bonds is 7. The lowest BCUT2D eigenvalue weighted by atomic mass is 9.92. The van der Waals surface area contributed by atoms with Crippen LogP contribution in [0.5, 0.6) is 0 Å². The van der Waals surface area contributed by atoms with Crippen molar-refractivity contribution in [2.24, 2.45) is 7.05 Å². The van der Waals surface area contributed by atoms with E-state index in [0.717, 1.165) is 41.7 Å². The third-order valence-electron chi connectivity index (χ3n) is 5.94. The zero-order chi connectivity index (χ0) is 24.5. The molecule has 8 nitrogen and oxygen atoms in total. The van der Waals surface area contributed by atoms with Crippen molar-refractivity contribution in [2.45, 2.75) is 37.6 Å². The van der Waals surface area contributed by atoms with Gasteiger partial charge in [0.15, 0.2) is 9.84 Å². The predicted octanol–water partition coefficient (Wildman–Crippen LogP) is 3.59. The summed E-state index contributed by atoms with van der Waals surface area (Å²) in [5.74, 6) is -1.18. The first-order valence-corrected chi connectivity index (χ1v) is 13.2. The Morgan fingerprint density at radius 3 is 2.71 bits per heavy atom. The highest BCUT2D eigenvalue weighted by atomic mass is 35.5. The first-order chi connectivity index (χ1) is 16.2.